The number of aliphatic imine (C=N–C) groups is 1. The van der Waals surface area contributed by atoms with Crippen molar-refractivity contribution < 1.29 is 9.59 Å². The zero-order valence-corrected chi connectivity index (χ0v) is 17.7. The number of amides is 3. The quantitative estimate of drug-likeness (QED) is 0.229. The summed E-state index contributed by atoms with van der Waals surface area (Å²) in [5.74, 6) is 1.25. The van der Waals surface area contributed by atoms with E-state index in [2.05, 4.69) is 39.7 Å². The van der Waals surface area contributed by atoms with Crippen LogP contribution in [0, 0.1) is 5.92 Å². The maximum absolute atomic E-state index is 11.5. The Bertz CT molecular complexity index is 461. The van der Waals surface area contributed by atoms with Crippen molar-refractivity contribution in [1.29, 1.82) is 0 Å². The van der Waals surface area contributed by atoms with Crippen LogP contribution in [0.4, 0.5) is 4.79 Å². The Morgan fingerprint density at radius 2 is 2.00 bits per heavy atom. The minimum Gasteiger partial charge on any atom is -0.355 e. The van der Waals surface area contributed by atoms with Crippen LogP contribution in [0.5, 0.6) is 0 Å². The molecule has 144 valence electrons. The van der Waals surface area contributed by atoms with Gasteiger partial charge in [0.1, 0.15) is 0 Å². The largest absolute Gasteiger partial charge is 0.355 e. The second-order valence-corrected chi connectivity index (χ2v) is 6.82. The minimum absolute atomic E-state index is 0. The fourth-order valence-electron chi connectivity index (χ4n) is 3.13. The molecule has 0 atom stereocenters. The van der Waals surface area contributed by atoms with E-state index >= 15 is 0 Å². The van der Waals surface area contributed by atoms with Gasteiger partial charge in [0, 0.05) is 45.8 Å². The molecule has 2 saturated heterocycles. The van der Waals surface area contributed by atoms with Gasteiger partial charge in [-0.2, -0.15) is 0 Å². The Morgan fingerprint density at radius 3 is 2.52 bits per heavy atom. The molecule has 0 radical (unpaired) electrons. The number of carbonyl (C=O) groups is 2. The van der Waals surface area contributed by atoms with Gasteiger partial charge in [0.05, 0.1) is 6.54 Å². The number of carbonyl (C=O) groups excluding carboxylic acids is 2. The predicted molar refractivity (Wildman–Crippen MR) is 109 cm³/mol. The summed E-state index contributed by atoms with van der Waals surface area (Å²) in [6.07, 6.45) is 2.20. The van der Waals surface area contributed by atoms with E-state index in [-0.39, 0.29) is 42.5 Å². The number of hydrogen-bond donors (Lipinski definition) is 3. The number of hydrogen-bond acceptors (Lipinski definition) is 4. The first-order chi connectivity index (χ1) is 11.5. The first-order valence-corrected chi connectivity index (χ1v) is 8.77. The zero-order valence-electron chi connectivity index (χ0n) is 15.4. The number of guanidine groups is 1. The Kier molecular flexibility index (Phi) is 9.47. The second kappa shape index (κ2) is 10.8. The van der Waals surface area contributed by atoms with Gasteiger partial charge in [-0.05, 0) is 18.8 Å². The highest BCUT2D eigenvalue weighted by molar-refractivity contribution is 14.0. The van der Waals surface area contributed by atoms with E-state index in [0.29, 0.717) is 25.0 Å². The fraction of sp³-hybridized carbons (Fsp3) is 0.812. The van der Waals surface area contributed by atoms with Crippen LogP contribution in [0.15, 0.2) is 4.99 Å². The third kappa shape index (κ3) is 6.96. The topological polar surface area (TPSA) is 89.1 Å². The van der Waals surface area contributed by atoms with Gasteiger partial charge in [-0.1, -0.05) is 13.8 Å². The van der Waals surface area contributed by atoms with Gasteiger partial charge in [0.2, 0.25) is 5.91 Å². The molecule has 2 fully saturated rings. The van der Waals surface area contributed by atoms with Crippen LogP contribution >= 0.6 is 24.0 Å². The van der Waals surface area contributed by atoms with E-state index in [1.54, 1.807) is 7.05 Å². The molecule has 0 unspecified atom stereocenters. The monoisotopic (exact) mass is 466 g/mol. The highest BCUT2D eigenvalue weighted by atomic mass is 127. The molecule has 2 aliphatic rings. The van der Waals surface area contributed by atoms with E-state index in [9.17, 15) is 9.59 Å². The molecule has 0 bridgehead atoms. The van der Waals surface area contributed by atoms with Crippen molar-refractivity contribution in [3.05, 3.63) is 0 Å². The normalized spacial score (nSPS) is 19.8. The molecule has 0 spiro atoms. The standard InChI is InChI=1S/C16H30N6O2.HI/c1-12(2)11-21-7-4-13(5-8-21)20-15(17-3)18-6-9-22-14(23)10-19-16(22)24;/h12-13H,4-11H2,1-3H3,(H,19,24)(H2,17,18,20);1H. The lowest BCUT2D eigenvalue weighted by atomic mass is 10.0. The van der Waals surface area contributed by atoms with Crippen LogP contribution in [-0.2, 0) is 4.79 Å². The number of rotatable bonds is 6. The van der Waals surface area contributed by atoms with Crippen LogP contribution in [-0.4, -0.2) is 80.1 Å². The average Bonchev–Trinajstić information content (AvgIpc) is 2.87. The van der Waals surface area contributed by atoms with Crippen molar-refractivity contribution in [2.45, 2.75) is 32.7 Å². The molecule has 0 saturated carbocycles. The fourth-order valence-corrected chi connectivity index (χ4v) is 3.13. The Hall–Kier alpha value is -1.10. The molecule has 9 heteroatoms. The maximum atomic E-state index is 11.5. The summed E-state index contributed by atoms with van der Waals surface area (Å²) in [5, 5.41) is 9.13. The van der Waals surface area contributed by atoms with Gasteiger partial charge in [-0.25, -0.2) is 4.79 Å². The summed E-state index contributed by atoms with van der Waals surface area (Å²) in [6, 6.07) is 0.0959. The highest BCUT2D eigenvalue weighted by Gasteiger charge is 2.27. The Labute approximate surface area is 167 Å². The van der Waals surface area contributed by atoms with Crippen LogP contribution in [0.25, 0.3) is 0 Å². The summed E-state index contributed by atoms with van der Waals surface area (Å²) in [5.41, 5.74) is 0. The first kappa shape index (κ1) is 21.9. The number of urea groups is 1. The lowest BCUT2D eigenvalue weighted by Crippen LogP contribution is -2.50. The SMILES string of the molecule is CN=C(NCCN1C(=O)CNC1=O)NC1CCN(CC(C)C)CC1.I. The van der Waals surface area contributed by atoms with Gasteiger partial charge in [-0.15, -0.1) is 24.0 Å². The van der Waals surface area contributed by atoms with E-state index in [1.165, 1.54) is 4.90 Å². The molecule has 3 N–H and O–H groups in total. The lowest BCUT2D eigenvalue weighted by Gasteiger charge is -2.34. The first-order valence-electron chi connectivity index (χ1n) is 8.77. The molecule has 2 rings (SSSR count). The Balaban J connectivity index is 0.00000312. The number of likely N-dealkylation sites (tertiary alicyclic amines) is 1. The van der Waals surface area contributed by atoms with Gasteiger partial charge in [-0.3, -0.25) is 14.7 Å². The molecule has 8 nitrogen and oxygen atoms in total. The number of nitrogens with zero attached hydrogens (tertiary/aromatic N) is 3. The van der Waals surface area contributed by atoms with Gasteiger partial charge < -0.3 is 20.9 Å². The molecule has 0 aromatic carbocycles. The van der Waals surface area contributed by atoms with E-state index in [1.807, 2.05) is 0 Å². The summed E-state index contributed by atoms with van der Waals surface area (Å²) in [4.78, 5) is 31.0. The number of halogens is 1. The van der Waals surface area contributed by atoms with Crippen molar-refractivity contribution in [2.75, 3.05) is 46.3 Å². The van der Waals surface area contributed by atoms with Gasteiger partial charge >= 0.3 is 6.03 Å². The van der Waals surface area contributed by atoms with Gasteiger partial charge in [0.15, 0.2) is 5.96 Å². The molecule has 0 aromatic rings. The van der Waals surface area contributed by atoms with Crippen molar-refractivity contribution >= 4 is 41.9 Å². The predicted octanol–water partition coefficient (Wildman–Crippen LogP) is 0.442. The van der Waals surface area contributed by atoms with Crippen molar-refractivity contribution in [2.24, 2.45) is 10.9 Å². The third-order valence-corrected chi connectivity index (χ3v) is 4.34. The third-order valence-electron chi connectivity index (χ3n) is 4.34. The summed E-state index contributed by atoms with van der Waals surface area (Å²) < 4.78 is 0. The van der Waals surface area contributed by atoms with E-state index in [0.717, 1.165) is 38.4 Å². The van der Waals surface area contributed by atoms with Crippen LogP contribution in [0.3, 0.4) is 0 Å². The molecular weight excluding hydrogens is 435 g/mol. The van der Waals surface area contributed by atoms with Crippen molar-refractivity contribution in [1.82, 2.24) is 25.8 Å². The van der Waals surface area contributed by atoms with Crippen molar-refractivity contribution in [3.63, 3.8) is 0 Å². The summed E-state index contributed by atoms with van der Waals surface area (Å²) >= 11 is 0. The molecule has 25 heavy (non-hydrogen) atoms. The smallest absolute Gasteiger partial charge is 0.324 e. The molecular formula is C16H31IN6O2. The van der Waals surface area contributed by atoms with Crippen LogP contribution in [0.1, 0.15) is 26.7 Å². The molecule has 2 heterocycles. The molecule has 3 amide bonds. The van der Waals surface area contributed by atoms with Crippen molar-refractivity contribution in [3.8, 4) is 0 Å². The molecule has 2 aliphatic heterocycles. The minimum atomic E-state index is -0.317. The summed E-state index contributed by atoms with van der Waals surface area (Å²) in [7, 11) is 1.73. The average molecular weight is 466 g/mol. The molecule has 0 aliphatic carbocycles. The number of imide groups is 1. The Morgan fingerprint density at radius 1 is 1.32 bits per heavy atom. The number of nitrogens with one attached hydrogen (secondary N) is 3. The van der Waals surface area contributed by atoms with E-state index < -0.39 is 0 Å². The van der Waals surface area contributed by atoms with Crippen LogP contribution < -0.4 is 16.0 Å². The van der Waals surface area contributed by atoms with Gasteiger partial charge in [0.25, 0.3) is 0 Å². The summed E-state index contributed by atoms with van der Waals surface area (Å²) in [6.45, 7) is 8.81. The van der Waals surface area contributed by atoms with Crippen LogP contribution in [0.2, 0.25) is 0 Å². The highest BCUT2D eigenvalue weighted by Crippen LogP contribution is 2.11. The number of piperidine rings is 1. The maximum Gasteiger partial charge on any atom is 0.324 e. The zero-order chi connectivity index (χ0) is 17.5. The molecule has 0 aromatic heterocycles. The van der Waals surface area contributed by atoms with E-state index in [4.69, 9.17) is 0 Å². The lowest BCUT2D eigenvalue weighted by molar-refractivity contribution is -0.124. The second-order valence-electron chi connectivity index (χ2n) is 6.82.